The number of Topliss-reactive ketones (excluding diaryl/α,β-unsaturated/α-hetero) is 1. The van der Waals surface area contributed by atoms with Crippen LogP contribution in [0, 0.1) is 11.6 Å². The molecule has 0 saturated heterocycles. The maximum atomic E-state index is 13.2. The lowest BCUT2D eigenvalue weighted by Gasteiger charge is -2.17. The molecule has 0 fully saturated rings. The third-order valence-electron chi connectivity index (χ3n) is 3.82. The molecule has 0 aromatic heterocycles. The molecule has 0 heterocycles. The standard InChI is InChI=1S/C20H19F2NO4S/c1-28-10-9-17(23-19(25)13-5-3-2-4-6-13)20(26)27-12-18(24)14-7-8-15(21)16(22)11-14/h2-8,11,17H,9-10,12H2,1H3,(H,23,25)/t17-/m0/s1. The fourth-order valence-corrected chi connectivity index (χ4v) is 2.78. The van der Waals surface area contributed by atoms with Gasteiger partial charge in [0.25, 0.3) is 5.91 Å². The first-order valence-corrected chi connectivity index (χ1v) is 9.81. The van der Waals surface area contributed by atoms with Gasteiger partial charge in [0.05, 0.1) is 0 Å². The zero-order valence-corrected chi connectivity index (χ0v) is 15.9. The van der Waals surface area contributed by atoms with Crippen molar-refractivity contribution in [2.75, 3.05) is 18.6 Å². The van der Waals surface area contributed by atoms with Gasteiger partial charge in [0, 0.05) is 11.1 Å². The smallest absolute Gasteiger partial charge is 0.329 e. The second-order valence-electron chi connectivity index (χ2n) is 5.83. The van der Waals surface area contributed by atoms with Crippen molar-refractivity contribution in [3.63, 3.8) is 0 Å². The molecule has 2 aromatic rings. The van der Waals surface area contributed by atoms with Crippen molar-refractivity contribution in [1.82, 2.24) is 5.32 Å². The molecule has 0 aliphatic rings. The van der Waals surface area contributed by atoms with Gasteiger partial charge in [-0.1, -0.05) is 18.2 Å². The number of carbonyl (C=O) groups excluding carboxylic acids is 3. The summed E-state index contributed by atoms with van der Waals surface area (Å²) in [6, 6.07) is 10.1. The third-order valence-corrected chi connectivity index (χ3v) is 4.47. The van der Waals surface area contributed by atoms with E-state index < -0.39 is 41.9 Å². The van der Waals surface area contributed by atoms with E-state index in [0.29, 0.717) is 17.7 Å². The molecule has 1 N–H and O–H groups in total. The minimum atomic E-state index is -1.16. The summed E-state index contributed by atoms with van der Waals surface area (Å²) in [4.78, 5) is 36.7. The summed E-state index contributed by atoms with van der Waals surface area (Å²) >= 11 is 1.49. The quantitative estimate of drug-likeness (QED) is 0.510. The third kappa shape index (κ3) is 6.16. The van der Waals surface area contributed by atoms with E-state index in [1.807, 2.05) is 6.26 Å². The first kappa shape index (κ1) is 21.6. The van der Waals surface area contributed by atoms with E-state index in [2.05, 4.69) is 5.32 Å². The zero-order valence-electron chi connectivity index (χ0n) is 15.1. The average molecular weight is 407 g/mol. The number of nitrogens with one attached hydrogen (secondary N) is 1. The number of amides is 1. The molecule has 0 bridgehead atoms. The Labute approximate surface area is 165 Å². The Morgan fingerprint density at radius 3 is 2.39 bits per heavy atom. The van der Waals surface area contributed by atoms with E-state index in [0.717, 1.165) is 18.2 Å². The number of ketones is 1. The highest BCUT2D eigenvalue weighted by Gasteiger charge is 2.23. The first-order chi connectivity index (χ1) is 13.4. The lowest BCUT2D eigenvalue weighted by atomic mass is 10.1. The second kappa shape index (κ2) is 10.6. The van der Waals surface area contributed by atoms with Crippen LogP contribution in [0.4, 0.5) is 8.78 Å². The lowest BCUT2D eigenvalue weighted by Crippen LogP contribution is -2.42. The highest BCUT2D eigenvalue weighted by molar-refractivity contribution is 7.98. The van der Waals surface area contributed by atoms with Crippen molar-refractivity contribution < 1.29 is 27.9 Å². The molecule has 1 atom stereocenters. The van der Waals surface area contributed by atoms with E-state index in [4.69, 9.17) is 4.74 Å². The normalized spacial score (nSPS) is 11.5. The number of hydrogen-bond acceptors (Lipinski definition) is 5. The SMILES string of the molecule is CSCC[C@H](NC(=O)c1ccccc1)C(=O)OCC(=O)c1ccc(F)c(F)c1. The molecule has 1 amide bonds. The van der Waals surface area contributed by atoms with Gasteiger partial charge >= 0.3 is 5.97 Å². The highest BCUT2D eigenvalue weighted by Crippen LogP contribution is 2.10. The summed E-state index contributed by atoms with van der Waals surface area (Å²) in [6.07, 6.45) is 2.17. The van der Waals surface area contributed by atoms with Crippen LogP contribution in [-0.4, -0.2) is 42.3 Å². The Bertz CT molecular complexity index is 845. The van der Waals surface area contributed by atoms with Gasteiger partial charge in [-0.25, -0.2) is 13.6 Å². The topological polar surface area (TPSA) is 72.5 Å². The van der Waals surface area contributed by atoms with Crippen LogP contribution in [0.5, 0.6) is 0 Å². The number of carbonyl (C=O) groups is 3. The summed E-state index contributed by atoms with van der Waals surface area (Å²) in [6.45, 7) is -0.638. The van der Waals surface area contributed by atoms with E-state index in [9.17, 15) is 23.2 Å². The molecule has 0 aliphatic carbocycles. The van der Waals surface area contributed by atoms with Crippen molar-refractivity contribution in [1.29, 1.82) is 0 Å². The number of halogens is 2. The van der Waals surface area contributed by atoms with Crippen LogP contribution in [0.15, 0.2) is 48.5 Å². The highest BCUT2D eigenvalue weighted by atomic mass is 32.2. The van der Waals surface area contributed by atoms with E-state index >= 15 is 0 Å². The van der Waals surface area contributed by atoms with Crippen LogP contribution in [0.3, 0.4) is 0 Å². The number of thioether (sulfide) groups is 1. The number of esters is 1. The fraction of sp³-hybridized carbons (Fsp3) is 0.250. The van der Waals surface area contributed by atoms with Gasteiger partial charge in [-0.05, 0) is 48.8 Å². The van der Waals surface area contributed by atoms with Crippen LogP contribution >= 0.6 is 11.8 Å². The summed E-state index contributed by atoms with van der Waals surface area (Å²) in [5.41, 5.74) is 0.281. The Hall–Kier alpha value is -2.74. The summed E-state index contributed by atoms with van der Waals surface area (Å²) in [7, 11) is 0. The minimum absolute atomic E-state index is 0.110. The Kier molecular flexibility index (Phi) is 8.13. The first-order valence-electron chi connectivity index (χ1n) is 8.42. The molecule has 2 aromatic carbocycles. The average Bonchev–Trinajstić information content (AvgIpc) is 2.71. The van der Waals surface area contributed by atoms with Crippen molar-refractivity contribution in [3.8, 4) is 0 Å². The molecule has 0 unspecified atom stereocenters. The van der Waals surface area contributed by atoms with Crippen LogP contribution in [-0.2, 0) is 9.53 Å². The molecule has 148 valence electrons. The van der Waals surface area contributed by atoms with Gasteiger partial charge in [-0.15, -0.1) is 0 Å². The van der Waals surface area contributed by atoms with Crippen molar-refractivity contribution in [2.45, 2.75) is 12.5 Å². The Morgan fingerprint density at radius 1 is 1.04 bits per heavy atom. The van der Waals surface area contributed by atoms with Crippen molar-refractivity contribution in [2.24, 2.45) is 0 Å². The van der Waals surface area contributed by atoms with Gasteiger partial charge in [-0.3, -0.25) is 9.59 Å². The molecule has 2 rings (SSSR count). The van der Waals surface area contributed by atoms with Crippen molar-refractivity contribution >= 4 is 29.4 Å². The lowest BCUT2D eigenvalue weighted by molar-refractivity contribution is -0.144. The maximum absolute atomic E-state index is 13.2. The molecule has 0 aliphatic heterocycles. The van der Waals surface area contributed by atoms with Crippen LogP contribution < -0.4 is 5.32 Å². The predicted molar refractivity (Wildman–Crippen MR) is 102 cm³/mol. The molecule has 5 nitrogen and oxygen atoms in total. The molecule has 0 radical (unpaired) electrons. The van der Waals surface area contributed by atoms with E-state index in [-0.39, 0.29) is 5.56 Å². The largest absolute Gasteiger partial charge is 0.456 e. The van der Waals surface area contributed by atoms with Crippen molar-refractivity contribution in [3.05, 3.63) is 71.3 Å². The predicted octanol–water partition coefficient (Wildman–Crippen LogP) is 3.24. The van der Waals surface area contributed by atoms with E-state index in [1.165, 1.54) is 11.8 Å². The molecular formula is C20H19F2NO4S. The van der Waals surface area contributed by atoms with Gasteiger partial charge in [-0.2, -0.15) is 11.8 Å². The molecular weight excluding hydrogens is 388 g/mol. The van der Waals surface area contributed by atoms with Gasteiger partial charge in [0.2, 0.25) is 0 Å². The molecule has 0 spiro atoms. The summed E-state index contributed by atoms with van der Waals surface area (Å²) in [5.74, 6) is -3.53. The monoisotopic (exact) mass is 407 g/mol. The summed E-state index contributed by atoms with van der Waals surface area (Å²) in [5, 5.41) is 2.60. The molecule has 28 heavy (non-hydrogen) atoms. The Morgan fingerprint density at radius 2 is 1.75 bits per heavy atom. The maximum Gasteiger partial charge on any atom is 0.329 e. The van der Waals surface area contributed by atoms with E-state index in [1.54, 1.807) is 30.3 Å². The summed E-state index contributed by atoms with van der Waals surface area (Å²) < 4.78 is 31.2. The van der Waals surface area contributed by atoms with Gasteiger partial charge < -0.3 is 10.1 Å². The number of benzene rings is 2. The van der Waals surface area contributed by atoms with Gasteiger partial charge in [0.1, 0.15) is 6.04 Å². The minimum Gasteiger partial charge on any atom is -0.456 e. The van der Waals surface area contributed by atoms with Crippen LogP contribution in [0.25, 0.3) is 0 Å². The Balaban J connectivity index is 1.98. The van der Waals surface area contributed by atoms with Crippen LogP contribution in [0.1, 0.15) is 27.1 Å². The van der Waals surface area contributed by atoms with Crippen LogP contribution in [0.2, 0.25) is 0 Å². The number of ether oxygens (including phenoxy) is 1. The zero-order chi connectivity index (χ0) is 20.5. The molecule has 0 saturated carbocycles. The van der Waals surface area contributed by atoms with Gasteiger partial charge in [0.15, 0.2) is 24.0 Å². The number of hydrogen-bond donors (Lipinski definition) is 1. The number of rotatable bonds is 9. The second-order valence-corrected chi connectivity index (χ2v) is 6.82. The fourth-order valence-electron chi connectivity index (χ4n) is 2.31. The molecule has 8 heteroatoms.